The van der Waals surface area contributed by atoms with Gasteiger partial charge in [0.25, 0.3) is 0 Å². The third-order valence-electron chi connectivity index (χ3n) is 4.31. The van der Waals surface area contributed by atoms with Crippen LogP contribution in [0.15, 0.2) is 47.4 Å². The molecule has 0 amide bonds. The Morgan fingerprint density at radius 3 is 2.10 bits per heavy atom. The van der Waals surface area contributed by atoms with Gasteiger partial charge in [0.15, 0.2) is 27.1 Å². The lowest BCUT2D eigenvalue weighted by molar-refractivity contribution is -0.143. The van der Waals surface area contributed by atoms with Crippen molar-refractivity contribution in [3.63, 3.8) is 0 Å². The first-order valence-corrected chi connectivity index (χ1v) is 10.1. The highest BCUT2D eigenvalue weighted by Crippen LogP contribution is 2.43. The molecule has 5 nitrogen and oxygen atoms in total. The number of aryl methyl sites for hydroxylation is 1. The zero-order valence-electron chi connectivity index (χ0n) is 15.6. The van der Waals surface area contributed by atoms with Gasteiger partial charge in [-0.2, -0.15) is 18.3 Å². The number of methoxy groups -OCH3 is 1. The average molecular weight is 428 g/mol. The maximum absolute atomic E-state index is 14.2. The maximum Gasteiger partial charge on any atom is 0.433 e. The van der Waals surface area contributed by atoms with Crippen molar-refractivity contribution in [2.75, 3.05) is 13.4 Å². The number of sulfone groups is 1. The number of rotatable bonds is 4. The third-order valence-corrected chi connectivity index (χ3v) is 5.44. The van der Waals surface area contributed by atoms with Crippen LogP contribution in [-0.2, 0) is 23.1 Å². The minimum Gasteiger partial charge on any atom is -0.494 e. The van der Waals surface area contributed by atoms with Crippen molar-refractivity contribution in [1.29, 1.82) is 0 Å². The minimum absolute atomic E-state index is 0.0188. The van der Waals surface area contributed by atoms with Gasteiger partial charge in [0.1, 0.15) is 5.69 Å². The normalized spacial score (nSPS) is 12.2. The fraction of sp³-hybridized carbons (Fsp3) is 0.211. The van der Waals surface area contributed by atoms with E-state index in [-0.39, 0.29) is 33.0 Å². The van der Waals surface area contributed by atoms with E-state index >= 15 is 0 Å². The second kappa shape index (κ2) is 7.18. The minimum atomic E-state index is -4.75. The highest BCUT2D eigenvalue weighted by molar-refractivity contribution is 7.90. The molecule has 0 fully saturated rings. The summed E-state index contributed by atoms with van der Waals surface area (Å²) >= 11 is 0. The fourth-order valence-corrected chi connectivity index (χ4v) is 3.64. The molecule has 0 spiro atoms. The monoisotopic (exact) mass is 428 g/mol. The second-order valence-corrected chi connectivity index (χ2v) is 8.36. The Labute approximate surface area is 164 Å². The first-order chi connectivity index (χ1) is 13.4. The van der Waals surface area contributed by atoms with Crippen LogP contribution in [0.3, 0.4) is 0 Å². The molecule has 0 unspecified atom stereocenters. The number of alkyl halides is 3. The summed E-state index contributed by atoms with van der Waals surface area (Å²) in [6, 6.07) is 8.77. The molecule has 154 valence electrons. The lowest BCUT2D eigenvalue weighted by Gasteiger charge is -2.12. The summed E-state index contributed by atoms with van der Waals surface area (Å²) < 4.78 is 84.2. The van der Waals surface area contributed by atoms with Crippen molar-refractivity contribution >= 4 is 9.84 Å². The Kier molecular flexibility index (Phi) is 5.16. The summed E-state index contributed by atoms with van der Waals surface area (Å²) in [5, 5.41) is 3.98. The van der Waals surface area contributed by atoms with E-state index in [1.54, 1.807) is 0 Å². The Balaban J connectivity index is 2.27. The molecule has 0 atom stereocenters. The first kappa shape index (κ1) is 20.8. The highest BCUT2D eigenvalue weighted by atomic mass is 32.2. The number of benzene rings is 2. The van der Waals surface area contributed by atoms with Crippen LogP contribution in [0.5, 0.6) is 5.75 Å². The van der Waals surface area contributed by atoms with E-state index in [1.165, 1.54) is 43.5 Å². The van der Waals surface area contributed by atoms with Gasteiger partial charge in [0.05, 0.1) is 12.0 Å². The van der Waals surface area contributed by atoms with Crippen molar-refractivity contribution in [1.82, 2.24) is 9.78 Å². The van der Waals surface area contributed by atoms with E-state index in [4.69, 9.17) is 4.74 Å². The van der Waals surface area contributed by atoms with E-state index < -0.39 is 27.5 Å². The molecule has 1 aromatic heterocycles. The quantitative estimate of drug-likeness (QED) is 0.581. The number of ether oxygens (including phenoxy) is 1. The molecule has 0 saturated heterocycles. The molecule has 0 aliphatic rings. The van der Waals surface area contributed by atoms with Crippen molar-refractivity contribution in [3.05, 3.63) is 54.0 Å². The summed E-state index contributed by atoms with van der Waals surface area (Å²) in [6.07, 6.45) is -3.73. The summed E-state index contributed by atoms with van der Waals surface area (Å²) in [7, 11) is -1.09. The second-order valence-electron chi connectivity index (χ2n) is 6.34. The smallest absolute Gasteiger partial charge is 0.433 e. The Morgan fingerprint density at radius 2 is 1.62 bits per heavy atom. The zero-order valence-corrected chi connectivity index (χ0v) is 16.4. The van der Waals surface area contributed by atoms with Gasteiger partial charge >= 0.3 is 6.18 Å². The predicted molar refractivity (Wildman–Crippen MR) is 98.7 cm³/mol. The van der Waals surface area contributed by atoms with Gasteiger partial charge in [-0.1, -0.05) is 18.2 Å². The van der Waals surface area contributed by atoms with Crippen molar-refractivity contribution < 1.29 is 30.7 Å². The summed E-state index contributed by atoms with van der Waals surface area (Å²) in [4.78, 5) is 0.0188. The van der Waals surface area contributed by atoms with E-state index in [1.807, 2.05) is 0 Å². The van der Waals surface area contributed by atoms with Crippen LogP contribution in [0.4, 0.5) is 17.6 Å². The summed E-state index contributed by atoms with van der Waals surface area (Å²) in [5.41, 5.74) is -1.19. The molecule has 0 N–H and O–H groups in total. The summed E-state index contributed by atoms with van der Waals surface area (Å²) in [6.45, 7) is 0. The molecule has 0 aliphatic carbocycles. The molecule has 10 heteroatoms. The Hall–Kier alpha value is -2.88. The first-order valence-electron chi connectivity index (χ1n) is 8.22. The number of hydrogen-bond donors (Lipinski definition) is 0. The van der Waals surface area contributed by atoms with Gasteiger partial charge in [0.2, 0.25) is 0 Å². The SMILES string of the molecule is COc1ccc(-c2c(-c3ccc(S(C)(=O)=O)cc3)nn(C)c2C(F)(F)F)cc1F. The average Bonchev–Trinajstić information content (AvgIpc) is 2.98. The molecular formula is C19H16F4N2O3S. The Bertz CT molecular complexity index is 1170. The van der Waals surface area contributed by atoms with E-state index in [0.717, 1.165) is 19.4 Å². The molecule has 0 saturated carbocycles. The van der Waals surface area contributed by atoms with Crippen LogP contribution >= 0.6 is 0 Å². The van der Waals surface area contributed by atoms with Gasteiger partial charge in [-0.3, -0.25) is 4.68 Å². The van der Waals surface area contributed by atoms with Crippen LogP contribution in [-0.4, -0.2) is 31.6 Å². The maximum atomic E-state index is 14.2. The van der Waals surface area contributed by atoms with Gasteiger partial charge in [0, 0.05) is 24.4 Å². The van der Waals surface area contributed by atoms with Crippen molar-refractivity contribution in [2.24, 2.45) is 7.05 Å². The largest absolute Gasteiger partial charge is 0.494 e. The third kappa shape index (κ3) is 3.98. The number of aromatic nitrogens is 2. The molecule has 1 heterocycles. The zero-order chi connectivity index (χ0) is 21.6. The van der Waals surface area contributed by atoms with Crippen molar-refractivity contribution in [2.45, 2.75) is 11.1 Å². The number of hydrogen-bond acceptors (Lipinski definition) is 4. The Morgan fingerprint density at radius 1 is 1.03 bits per heavy atom. The van der Waals surface area contributed by atoms with Crippen molar-refractivity contribution in [3.8, 4) is 28.1 Å². The lowest BCUT2D eigenvalue weighted by atomic mass is 9.98. The van der Waals surface area contributed by atoms with Crippen LogP contribution in [0, 0.1) is 5.82 Å². The van der Waals surface area contributed by atoms with E-state index in [2.05, 4.69) is 5.10 Å². The molecular weight excluding hydrogens is 412 g/mol. The topological polar surface area (TPSA) is 61.2 Å². The molecule has 0 aliphatic heterocycles. The van der Waals surface area contributed by atoms with Crippen LogP contribution < -0.4 is 4.74 Å². The van der Waals surface area contributed by atoms with Crippen LogP contribution in [0.2, 0.25) is 0 Å². The van der Waals surface area contributed by atoms with E-state index in [0.29, 0.717) is 4.68 Å². The van der Waals surface area contributed by atoms with Gasteiger partial charge in [-0.25, -0.2) is 12.8 Å². The standard InChI is InChI=1S/C19H16F4N2O3S/c1-25-18(19(21,22)23)16(12-6-9-15(28-2)14(20)10-12)17(24-25)11-4-7-13(8-5-11)29(3,26)27/h4-10H,1-3H3. The fourth-order valence-electron chi connectivity index (χ4n) is 3.01. The number of nitrogens with zero attached hydrogens (tertiary/aromatic N) is 2. The van der Waals surface area contributed by atoms with Gasteiger partial charge in [-0.05, 0) is 29.8 Å². The molecule has 0 bridgehead atoms. The molecule has 0 radical (unpaired) electrons. The van der Waals surface area contributed by atoms with Gasteiger partial charge < -0.3 is 4.74 Å². The molecule has 3 rings (SSSR count). The molecule has 29 heavy (non-hydrogen) atoms. The predicted octanol–water partition coefficient (Wildman–Crippen LogP) is 4.32. The summed E-state index contributed by atoms with van der Waals surface area (Å²) in [5.74, 6) is -0.925. The highest BCUT2D eigenvalue weighted by Gasteiger charge is 2.40. The number of halogens is 4. The van der Waals surface area contributed by atoms with Gasteiger partial charge in [-0.15, -0.1) is 0 Å². The van der Waals surface area contributed by atoms with Crippen LogP contribution in [0.1, 0.15) is 5.69 Å². The molecule has 3 aromatic rings. The van der Waals surface area contributed by atoms with Crippen LogP contribution in [0.25, 0.3) is 22.4 Å². The lowest BCUT2D eigenvalue weighted by Crippen LogP contribution is -2.13. The molecule has 2 aromatic carbocycles. The van der Waals surface area contributed by atoms with E-state index in [9.17, 15) is 26.0 Å².